The minimum Gasteiger partial charge on any atom is -0.481 e. The summed E-state index contributed by atoms with van der Waals surface area (Å²) in [6.07, 6.45) is 14.3. The Morgan fingerprint density at radius 1 is 1.06 bits per heavy atom. The van der Waals surface area contributed by atoms with Crippen LogP contribution in [0.5, 0.6) is 0 Å². The molecule has 0 radical (unpaired) electrons. The van der Waals surface area contributed by atoms with Crippen LogP contribution in [0.3, 0.4) is 0 Å². The maximum Gasteiger partial charge on any atom is 0.320 e. The van der Waals surface area contributed by atoms with Gasteiger partial charge in [-0.25, -0.2) is 0 Å². The summed E-state index contributed by atoms with van der Waals surface area (Å²) in [5, 5.41) is 17.8. The normalized spacial score (nSPS) is 24.7. The van der Waals surface area contributed by atoms with Crippen LogP contribution in [0.2, 0.25) is 0 Å². The predicted octanol–water partition coefficient (Wildman–Crippen LogP) is 4.81. The summed E-state index contributed by atoms with van der Waals surface area (Å²) in [6, 6.07) is -0.623. The fourth-order valence-electron chi connectivity index (χ4n) is 4.92. The van der Waals surface area contributed by atoms with Crippen molar-refractivity contribution in [3.05, 3.63) is 12.7 Å². The molecule has 0 aromatic carbocycles. The van der Waals surface area contributed by atoms with Crippen molar-refractivity contribution in [2.24, 2.45) is 29.4 Å². The zero-order valence-corrected chi connectivity index (χ0v) is 19.8. The van der Waals surface area contributed by atoms with Crippen LogP contribution in [-0.4, -0.2) is 40.3 Å². The van der Waals surface area contributed by atoms with E-state index in [0.29, 0.717) is 5.92 Å². The number of carbonyl (C=O) groups is 3. The summed E-state index contributed by atoms with van der Waals surface area (Å²) in [4.78, 5) is 33.6. The molecule has 0 bridgehead atoms. The number of esters is 1. The molecular formula is C24H42ClNO6. The van der Waals surface area contributed by atoms with E-state index in [0.717, 1.165) is 77.0 Å². The Hall–Kier alpha value is -1.60. The largest absolute Gasteiger partial charge is 0.481 e. The first-order valence-electron chi connectivity index (χ1n) is 12.8. The Kier molecular flexibility index (Phi) is 12.1. The van der Waals surface area contributed by atoms with Crippen molar-refractivity contribution in [1.82, 2.24) is 0 Å². The molecule has 3 saturated carbocycles. The van der Waals surface area contributed by atoms with Crippen molar-refractivity contribution in [1.29, 1.82) is 0 Å². The number of rotatable bonds is 11. The van der Waals surface area contributed by atoms with Crippen LogP contribution in [0.25, 0.3) is 0 Å². The maximum absolute atomic E-state index is 11.9. The number of nitrogens with two attached hydrogens (primary N) is 1. The molecule has 8 heteroatoms. The number of ether oxygens (including phenoxy) is 1. The number of hydrogen-bond donors (Lipinski definition) is 3. The molecule has 4 atom stereocenters. The van der Waals surface area contributed by atoms with Gasteiger partial charge >= 0.3 is 17.9 Å². The highest BCUT2D eigenvalue weighted by Crippen LogP contribution is 2.39. The van der Waals surface area contributed by atoms with Crippen LogP contribution in [0, 0.1) is 23.7 Å². The lowest BCUT2D eigenvalue weighted by molar-refractivity contribution is -0.154. The Labute approximate surface area is 200 Å². The monoisotopic (exact) mass is 477 g/mol. The van der Waals surface area contributed by atoms with E-state index in [2.05, 4.69) is 6.58 Å². The highest BCUT2D eigenvalue weighted by atomic mass is 35.5. The topological polar surface area (TPSA) is 127 Å². The third-order valence-corrected chi connectivity index (χ3v) is 6.99. The van der Waals surface area contributed by atoms with Crippen molar-refractivity contribution in [3.63, 3.8) is 0 Å². The number of hydrogen-bond acceptors (Lipinski definition) is 5. The third-order valence-electron chi connectivity index (χ3n) is 6.99. The lowest BCUT2D eigenvalue weighted by atomic mass is 9.88. The third kappa shape index (κ3) is 9.49. The second kappa shape index (κ2) is 14.5. The van der Waals surface area contributed by atoms with E-state index < -0.39 is 23.9 Å². The van der Waals surface area contributed by atoms with Gasteiger partial charge in [0.15, 0.2) is 0 Å². The van der Waals surface area contributed by atoms with Gasteiger partial charge in [0.25, 0.3) is 0 Å². The molecule has 0 aliphatic heterocycles. The molecule has 0 spiro atoms. The summed E-state index contributed by atoms with van der Waals surface area (Å²) in [7, 11) is 0. The number of unbranched alkanes of at least 4 members (excludes halogenated alkanes) is 1. The molecule has 32 heavy (non-hydrogen) atoms. The average Bonchev–Trinajstić information content (AvgIpc) is 3.22. The second-order valence-electron chi connectivity index (χ2n) is 9.35. The lowest BCUT2D eigenvalue weighted by Gasteiger charge is -2.18. The Balaban J connectivity index is 0.000000706. The molecule has 0 aromatic heterocycles. The molecule has 3 fully saturated rings. The summed E-state index contributed by atoms with van der Waals surface area (Å²) < 4.78 is 15.4. The highest BCUT2D eigenvalue weighted by Gasteiger charge is 2.41. The van der Waals surface area contributed by atoms with Crippen LogP contribution in [0.4, 0.5) is 0 Å². The number of halogens is 1. The van der Waals surface area contributed by atoms with Crippen LogP contribution in [0.15, 0.2) is 12.7 Å². The first-order valence-corrected chi connectivity index (χ1v) is 11.8. The minimum absolute atomic E-state index is 0. The van der Waals surface area contributed by atoms with Crippen LogP contribution in [0.1, 0.15) is 86.4 Å². The van der Waals surface area contributed by atoms with Gasteiger partial charge in [-0.2, -0.15) is 0 Å². The van der Waals surface area contributed by atoms with Gasteiger partial charge in [-0.05, 0) is 69.1 Å². The molecule has 0 aromatic rings. The molecule has 0 amide bonds. The fourth-order valence-corrected chi connectivity index (χ4v) is 4.92. The molecule has 7 nitrogen and oxygen atoms in total. The maximum atomic E-state index is 11.9. The summed E-state index contributed by atoms with van der Waals surface area (Å²) >= 11 is 0. The summed E-state index contributed by atoms with van der Waals surface area (Å²) in [6.45, 7) is 3.69. The van der Waals surface area contributed by atoms with Gasteiger partial charge in [0.05, 0.1) is 12.3 Å². The van der Waals surface area contributed by atoms with E-state index in [4.69, 9.17) is 18.5 Å². The summed E-state index contributed by atoms with van der Waals surface area (Å²) in [5.41, 5.74) is 5.42. The van der Waals surface area contributed by atoms with Gasteiger partial charge in [-0.15, -0.1) is 19.0 Å². The van der Waals surface area contributed by atoms with E-state index in [1.54, 1.807) is 0 Å². The Morgan fingerprint density at radius 3 is 2.12 bits per heavy atom. The van der Waals surface area contributed by atoms with Crippen molar-refractivity contribution in [2.75, 3.05) is 0 Å². The number of carbonyl (C=O) groups excluding carboxylic acids is 1. The number of aliphatic carboxylic acids is 2. The molecule has 0 unspecified atom stereocenters. The van der Waals surface area contributed by atoms with Crippen molar-refractivity contribution in [3.8, 4) is 0 Å². The SMILES string of the molecule is C=CCCC[C@@H]1C[C@H]1OC(=O)C[C@H](C(=O)O)C1CCCC1.Cl.N[C@H](C(=O)O)C1CCCC1.[2H][2H]. The predicted molar refractivity (Wildman–Crippen MR) is 127 cm³/mol. The van der Waals surface area contributed by atoms with E-state index in [-0.39, 0.29) is 42.7 Å². The van der Waals surface area contributed by atoms with Gasteiger partial charge in [0.2, 0.25) is 0 Å². The van der Waals surface area contributed by atoms with E-state index in [9.17, 15) is 19.5 Å². The first kappa shape index (κ1) is 26.7. The average molecular weight is 478 g/mol. The van der Waals surface area contributed by atoms with Gasteiger partial charge in [0.1, 0.15) is 12.1 Å². The molecule has 3 aliphatic rings. The molecule has 3 aliphatic carbocycles. The van der Waals surface area contributed by atoms with E-state index in [1.807, 2.05) is 6.08 Å². The van der Waals surface area contributed by atoms with Crippen molar-refractivity contribution >= 4 is 30.3 Å². The smallest absolute Gasteiger partial charge is 0.320 e. The van der Waals surface area contributed by atoms with Crippen LogP contribution >= 0.6 is 12.4 Å². The van der Waals surface area contributed by atoms with Gasteiger partial charge in [0, 0.05) is 2.97 Å². The molecule has 0 saturated heterocycles. The van der Waals surface area contributed by atoms with Gasteiger partial charge in [-0.1, -0.05) is 31.8 Å². The fraction of sp³-hybridized carbons (Fsp3) is 0.792. The van der Waals surface area contributed by atoms with Crippen molar-refractivity contribution < 1.29 is 32.3 Å². The number of carboxylic acid groups (broad SMARTS) is 2. The van der Waals surface area contributed by atoms with Crippen LogP contribution < -0.4 is 5.73 Å². The number of allylic oxidation sites excluding steroid dienone is 1. The second-order valence-corrected chi connectivity index (χ2v) is 9.35. The molecule has 186 valence electrons. The Bertz CT molecular complexity index is 627. The first-order chi connectivity index (χ1) is 15.8. The summed E-state index contributed by atoms with van der Waals surface area (Å²) in [5.74, 6) is -1.73. The highest BCUT2D eigenvalue weighted by molar-refractivity contribution is 5.85. The lowest BCUT2D eigenvalue weighted by Crippen LogP contribution is -2.36. The standard InChI is InChI=1S/C17H26O4.C7H13NO2.ClH.H2/c1-2-3-4-9-13-10-15(13)21-16(18)11-14(17(19)20)12-7-5-6-8-12;8-6(7(9)10)5-3-1-2-4-5;;/h2,12-15H,1,3-11H2,(H,19,20);5-6H,1-4,8H2,(H,9,10);2*1H/t13-,14+,15-;6-;;/m10../s1/i;;;1+1D. The van der Waals surface area contributed by atoms with E-state index in [1.165, 1.54) is 0 Å². The zero-order valence-electron chi connectivity index (χ0n) is 21.0. The van der Waals surface area contributed by atoms with E-state index >= 15 is 0 Å². The number of carboxylic acids is 2. The molecule has 4 N–H and O–H groups in total. The van der Waals surface area contributed by atoms with Crippen LogP contribution in [-0.2, 0) is 19.1 Å². The quantitative estimate of drug-likeness (QED) is 0.221. The molecule has 3 rings (SSSR count). The van der Waals surface area contributed by atoms with Crippen molar-refractivity contribution in [2.45, 2.75) is 95.6 Å². The molecule has 0 heterocycles. The minimum atomic E-state index is -0.855. The molecular weight excluding hydrogens is 434 g/mol. The zero-order chi connectivity index (χ0) is 24.8. The van der Waals surface area contributed by atoms with Gasteiger partial charge < -0.3 is 20.7 Å². The van der Waals surface area contributed by atoms with Gasteiger partial charge in [-0.3, -0.25) is 14.4 Å². The Morgan fingerprint density at radius 2 is 1.62 bits per heavy atom.